The third kappa shape index (κ3) is 3.98. The predicted octanol–water partition coefficient (Wildman–Crippen LogP) is 4.36. The number of hydrogen-bond acceptors (Lipinski definition) is 3. The van der Waals surface area contributed by atoms with E-state index >= 15 is 0 Å². The van der Waals surface area contributed by atoms with Crippen molar-refractivity contribution >= 4 is 11.6 Å². The van der Waals surface area contributed by atoms with E-state index < -0.39 is 11.7 Å². The van der Waals surface area contributed by atoms with Gasteiger partial charge in [0.25, 0.3) is 0 Å². The van der Waals surface area contributed by atoms with Gasteiger partial charge in [0.1, 0.15) is 5.75 Å². The maximum Gasteiger partial charge on any atom is 0.417 e. The van der Waals surface area contributed by atoms with E-state index in [9.17, 15) is 13.2 Å². The smallest absolute Gasteiger partial charge is 0.417 e. The molecule has 1 heterocycles. The Bertz CT molecular complexity index is 761. The number of alkyl halides is 3. The number of ether oxygens (including phenoxy) is 1. The third-order valence-electron chi connectivity index (χ3n) is 4.56. The Morgan fingerprint density at radius 2 is 1.81 bits per heavy atom. The van der Waals surface area contributed by atoms with E-state index in [0.717, 1.165) is 37.8 Å². The molecule has 1 atom stereocenters. The normalized spacial score (nSPS) is 17.1. The van der Waals surface area contributed by atoms with Gasteiger partial charge in [-0.25, -0.2) is 0 Å². The van der Waals surface area contributed by atoms with E-state index in [1.807, 2.05) is 24.3 Å². The van der Waals surface area contributed by atoms with Gasteiger partial charge in [-0.05, 0) is 23.8 Å². The number of nitrogens with one attached hydrogen (secondary N) is 1. The number of piperazine rings is 1. The maximum absolute atomic E-state index is 13.3. The van der Waals surface area contributed by atoms with Crippen LogP contribution in [0.1, 0.15) is 22.7 Å². The summed E-state index contributed by atoms with van der Waals surface area (Å²) < 4.78 is 45.5. The van der Waals surface area contributed by atoms with Crippen LogP contribution in [0.2, 0.25) is 5.02 Å². The fraction of sp³-hybridized carbons (Fsp3) is 0.368. The molecule has 1 aliphatic heterocycles. The number of methoxy groups -OCH3 is 1. The molecule has 1 unspecified atom stereocenters. The molecule has 7 heteroatoms. The number of rotatable bonds is 4. The lowest BCUT2D eigenvalue weighted by Crippen LogP contribution is -2.45. The zero-order valence-corrected chi connectivity index (χ0v) is 15.1. The first-order valence-corrected chi connectivity index (χ1v) is 8.74. The van der Waals surface area contributed by atoms with E-state index in [4.69, 9.17) is 16.3 Å². The van der Waals surface area contributed by atoms with Gasteiger partial charge in [-0.2, -0.15) is 13.2 Å². The molecule has 26 heavy (non-hydrogen) atoms. The summed E-state index contributed by atoms with van der Waals surface area (Å²) >= 11 is 5.81. The number of benzene rings is 2. The quantitative estimate of drug-likeness (QED) is 0.847. The highest BCUT2D eigenvalue weighted by atomic mass is 35.5. The molecule has 0 saturated carbocycles. The average molecular weight is 385 g/mol. The summed E-state index contributed by atoms with van der Waals surface area (Å²) in [5.41, 5.74) is 0.576. The molecule has 3 rings (SSSR count). The van der Waals surface area contributed by atoms with Crippen molar-refractivity contribution in [1.29, 1.82) is 0 Å². The first-order valence-electron chi connectivity index (χ1n) is 8.36. The Balaban J connectivity index is 2.12. The molecule has 0 spiro atoms. The van der Waals surface area contributed by atoms with E-state index in [0.29, 0.717) is 11.3 Å². The van der Waals surface area contributed by atoms with Crippen molar-refractivity contribution in [3.63, 3.8) is 0 Å². The molecule has 0 aliphatic carbocycles. The number of hydrogen-bond donors (Lipinski definition) is 1. The van der Waals surface area contributed by atoms with Crippen LogP contribution in [0.3, 0.4) is 0 Å². The second-order valence-corrected chi connectivity index (χ2v) is 6.57. The second-order valence-electron chi connectivity index (χ2n) is 6.17. The molecule has 0 bridgehead atoms. The lowest BCUT2D eigenvalue weighted by molar-refractivity contribution is -0.137. The molecule has 1 saturated heterocycles. The molecule has 2 aromatic rings. The second kappa shape index (κ2) is 7.86. The third-order valence-corrected chi connectivity index (χ3v) is 4.89. The van der Waals surface area contributed by atoms with Gasteiger partial charge < -0.3 is 10.1 Å². The van der Waals surface area contributed by atoms with Crippen LogP contribution in [0.4, 0.5) is 13.2 Å². The minimum Gasteiger partial charge on any atom is -0.496 e. The standard InChI is InChI=1S/C19H20ClF3N2O/c1-26-17-5-3-2-4-14(17)18(25-10-8-24-9-11-25)13-6-7-16(20)15(12-13)19(21,22)23/h2-7,12,18,24H,8-11H2,1H3. The van der Waals surface area contributed by atoms with Gasteiger partial charge in [0.2, 0.25) is 0 Å². The molecule has 0 radical (unpaired) electrons. The summed E-state index contributed by atoms with van der Waals surface area (Å²) in [5.74, 6) is 0.652. The fourth-order valence-corrected chi connectivity index (χ4v) is 3.57. The van der Waals surface area contributed by atoms with Gasteiger partial charge >= 0.3 is 6.18 Å². The van der Waals surface area contributed by atoms with Crippen LogP contribution in [-0.2, 0) is 6.18 Å². The summed E-state index contributed by atoms with van der Waals surface area (Å²) in [5, 5.41) is 2.98. The van der Waals surface area contributed by atoms with Gasteiger partial charge in [0, 0.05) is 31.7 Å². The largest absolute Gasteiger partial charge is 0.496 e. The van der Waals surface area contributed by atoms with Crippen molar-refractivity contribution in [3.05, 3.63) is 64.2 Å². The van der Waals surface area contributed by atoms with E-state index in [1.54, 1.807) is 13.2 Å². The van der Waals surface area contributed by atoms with Crippen LogP contribution >= 0.6 is 11.6 Å². The number of halogens is 4. The van der Waals surface area contributed by atoms with E-state index in [1.165, 1.54) is 6.07 Å². The Kier molecular flexibility index (Phi) is 5.75. The van der Waals surface area contributed by atoms with Crippen molar-refractivity contribution in [3.8, 4) is 5.75 Å². The first kappa shape index (κ1) is 19.0. The molecule has 2 aromatic carbocycles. The summed E-state index contributed by atoms with van der Waals surface area (Å²) in [6.07, 6.45) is -4.50. The maximum atomic E-state index is 13.3. The lowest BCUT2D eigenvalue weighted by atomic mass is 9.94. The number of nitrogens with zero attached hydrogens (tertiary/aromatic N) is 1. The van der Waals surface area contributed by atoms with E-state index in [2.05, 4.69) is 10.2 Å². The highest BCUT2D eigenvalue weighted by molar-refractivity contribution is 6.31. The molecule has 140 valence electrons. The van der Waals surface area contributed by atoms with Crippen LogP contribution in [0.25, 0.3) is 0 Å². The number of para-hydroxylation sites is 1. The fourth-order valence-electron chi connectivity index (χ4n) is 3.35. The first-order chi connectivity index (χ1) is 12.4. The van der Waals surface area contributed by atoms with Crippen LogP contribution in [0.5, 0.6) is 5.75 Å². The SMILES string of the molecule is COc1ccccc1C(c1ccc(Cl)c(C(F)(F)F)c1)N1CCNCC1. The summed E-state index contributed by atoms with van der Waals surface area (Å²) in [7, 11) is 1.57. The van der Waals surface area contributed by atoms with Gasteiger partial charge in [-0.1, -0.05) is 35.9 Å². The van der Waals surface area contributed by atoms with Crippen LogP contribution < -0.4 is 10.1 Å². The lowest BCUT2D eigenvalue weighted by Gasteiger charge is -2.36. The minimum absolute atomic E-state index is 0.291. The van der Waals surface area contributed by atoms with Crippen molar-refractivity contribution in [2.45, 2.75) is 12.2 Å². The Hall–Kier alpha value is -1.76. The van der Waals surface area contributed by atoms with Crippen molar-refractivity contribution in [2.24, 2.45) is 0 Å². The van der Waals surface area contributed by atoms with Crippen LogP contribution in [-0.4, -0.2) is 38.2 Å². The Morgan fingerprint density at radius 1 is 1.12 bits per heavy atom. The highest BCUT2D eigenvalue weighted by Crippen LogP contribution is 2.40. The average Bonchev–Trinajstić information content (AvgIpc) is 2.63. The minimum atomic E-state index is -4.50. The molecule has 0 amide bonds. The van der Waals surface area contributed by atoms with Crippen LogP contribution in [0, 0.1) is 0 Å². The van der Waals surface area contributed by atoms with Gasteiger partial charge in [0.15, 0.2) is 0 Å². The molecule has 1 N–H and O–H groups in total. The summed E-state index contributed by atoms with van der Waals surface area (Å²) in [6.45, 7) is 3.02. The van der Waals surface area contributed by atoms with Crippen molar-refractivity contribution < 1.29 is 17.9 Å². The zero-order valence-electron chi connectivity index (χ0n) is 14.3. The Morgan fingerprint density at radius 3 is 2.46 bits per heavy atom. The van der Waals surface area contributed by atoms with Gasteiger partial charge in [0.05, 0.1) is 23.7 Å². The van der Waals surface area contributed by atoms with Crippen molar-refractivity contribution in [1.82, 2.24) is 10.2 Å². The molecule has 0 aromatic heterocycles. The molecular formula is C19H20ClF3N2O. The summed E-state index contributed by atoms with van der Waals surface area (Å²) in [4.78, 5) is 2.16. The molecule has 1 aliphatic rings. The molecular weight excluding hydrogens is 365 g/mol. The van der Waals surface area contributed by atoms with Gasteiger partial charge in [-0.3, -0.25) is 4.90 Å². The molecule has 3 nitrogen and oxygen atoms in total. The Labute approximate surface area is 155 Å². The predicted molar refractivity (Wildman–Crippen MR) is 95.7 cm³/mol. The molecule has 1 fully saturated rings. The summed E-state index contributed by atoms with van der Waals surface area (Å²) in [6, 6.07) is 11.2. The van der Waals surface area contributed by atoms with E-state index in [-0.39, 0.29) is 11.1 Å². The van der Waals surface area contributed by atoms with Crippen LogP contribution in [0.15, 0.2) is 42.5 Å². The topological polar surface area (TPSA) is 24.5 Å². The van der Waals surface area contributed by atoms with Gasteiger partial charge in [-0.15, -0.1) is 0 Å². The highest BCUT2D eigenvalue weighted by Gasteiger charge is 2.35. The van der Waals surface area contributed by atoms with Crippen molar-refractivity contribution in [2.75, 3.05) is 33.3 Å². The zero-order chi connectivity index (χ0) is 18.7. The monoisotopic (exact) mass is 384 g/mol.